The highest BCUT2D eigenvalue weighted by Gasteiger charge is 2.63. The minimum absolute atomic E-state index is 0.0610. The quantitative estimate of drug-likeness (QED) is 0.743. The molecular formula is C18H18N2. The van der Waals surface area contributed by atoms with Gasteiger partial charge in [-0.1, -0.05) is 49.2 Å². The van der Waals surface area contributed by atoms with Gasteiger partial charge in [-0.3, -0.25) is 0 Å². The summed E-state index contributed by atoms with van der Waals surface area (Å²) in [6.45, 7) is 0. The third kappa shape index (κ3) is 1.01. The molecule has 2 unspecified atom stereocenters. The molecule has 2 heterocycles. The maximum absolute atomic E-state index is 3.90. The highest BCUT2D eigenvalue weighted by molar-refractivity contribution is 5.77. The fourth-order valence-corrected chi connectivity index (χ4v) is 4.80. The van der Waals surface area contributed by atoms with E-state index in [0.29, 0.717) is 0 Å². The number of para-hydroxylation sites is 2. The number of anilines is 2. The monoisotopic (exact) mass is 262 g/mol. The zero-order valence-electron chi connectivity index (χ0n) is 11.4. The van der Waals surface area contributed by atoms with Gasteiger partial charge in [-0.25, -0.2) is 0 Å². The Morgan fingerprint density at radius 2 is 1.10 bits per heavy atom. The van der Waals surface area contributed by atoms with Crippen LogP contribution in [0, 0.1) is 0 Å². The first-order valence-corrected chi connectivity index (χ1v) is 7.61. The average Bonchev–Trinajstić information content (AvgIpc) is 2.94. The summed E-state index contributed by atoms with van der Waals surface area (Å²) < 4.78 is 0. The molecule has 1 saturated carbocycles. The SMILES string of the molecule is c1ccc2c(c1)NC13CCCCC21Nc1ccccc13. The molecule has 2 nitrogen and oxygen atoms in total. The van der Waals surface area contributed by atoms with E-state index in [0.717, 1.165) is 0 Å². The standard InChI is InChI=1S/C18H18N2/c1-3-9-15-13(7-1)17-11-5-6-12-18(17,19-15)14-8-2-4-10-16(14)20-17/h1-4,7-10,19-20H,5-6,11-12H2. The Balaban J connectivity index is 1.83. The van der Waals surface area contributed by atoms with Crippen molar-refractivity contribution in [3.63, 3.8) is 0 Å². The van der Waals surface area contributed by atoms with Crippen LogP contribution in [0.3, 0.4) is 0 Å². The summed E-state index contributed by atoms with van der Waals surface area (Å²) >= 11 is 0. The van der Waals surface area contributed by atoms with Crippen molar-refractivity contribution >= 4 is 11.4 Å². The molecule has 0 spiro atoms. The highest BCUT2D eigenvalue weighted by atomic mass is 15.2. The van der Waals surface area contributed by atoms with Crippen LogP contribution in [0.2, 0.25) is 0 Å². The van der Waals surface area contributed by atoms with Gasteiger partial charge in [0.15, 0.2) is 0 Å². The van der Waals surface area contributed by atoms with Crippen LogP contribution in [0.4, 0.5) is 11.4 Å². The molecule has 0 saturated heterocycles. The molecule has 2 aromatic rings. The Bertz CT molecular complexity index is 647. The van der Waals surface area contributed by atoms with E-state index in [2.05, 4.69) is 59.2 Å². The fourth-order valence-electron chi connectivity index (χ4n) is 4.80. The zero-order chi connectivity index (χ0) is 13.2. The van der Waals surface area contributed by atoms with Gasteiger partial charge in [0.05, 0.1) is 11.1 Å². The second-order valence-electron chi connectivity index (χ2n) is 6.36. The molecule has 0 amide bonds. The summed E-state index contributed by atoms with van der Waals surface area (Å²) in [4.78, 5) is 0. The minimum atomic E-state index is 0.0610. The van der Waals surface area contributed by atoms with Gasteiger partial charge < -0.3 is 10.6 Å². The van der Waals surface area contributed by atoms with E-state index in [4.69, 9.17) is 0 Å². The number of nitrogens with one attached hydrogen (secondary N) is 2. The summed E-state index contributed by atoms with van der Waals surface area (Å²) in [6.07, 6.45) is 5.04. The maximum Gasteiger partial charge on any atom is 0.0919 e. The van der Waals surface area contributed by atoms with Crippen LogP contribution in [0.15, 0.2) is 48.5 Å². The van der Waals surface area contributed by atoms with Crippen LogP contribution in [-0.2, 0) is 11.1 Å². The summed E-state index contributed by atoms with van der Waals surface area (Å²) in [5.41, 5.74) is 5.66. The molecule has 1 aliphatic carbocycles. The van der Waals surface area contributed by atoms with Gasteiger partial charge in [0.1, 0.15) is 0 Å². The third-order valence-electron chi connectivity index (χ3n) is 5.55. The van der Waals surface area contributed by atoms with Crippen LogP contribution in [-0.4, -0.2) is 0 Å². The van der Waals surface area contributed by atoms with E-state index in [1.807, 2.05) is 0 Å². The van der Waals surface area contributed by atoms with Crippen molar-refractivity contribution in [2.45, 2.75) is 36.8 Å². The summed E-state index contributed by atoms with van der Waals surface area (Å²) in [5, 5.41) is 7.79. The molecule has 0 aromatic heterocycles. The van der Waals surface area contributed by atoms with Crippen molar-refractivity contribution in [2.75, 3.05) is 10.6 Å². The van der Waals surface area contributed by atoms with Crippen LogP contribution in [0.25, 0.3) is 0 Å². The van der Waals surface area contributed by atoms with Gasteiger partial charge in [0.25, 0.3) is 0 Å². The van der Waals surface area contributed by atoms with Gasteiger partial charge in [0, 0.05) is 22.5 Å². The molecule has 2 atom stereocenters. The van der Waals surface area contributed by atoms with E-state index >= 15 is 0 Å². The number of benzene rings is 2. The lowest BCUT2D eigenvalue weighted by Crippen LogP contribution is -2.52. The molecule has 2 aromatic carbocycles. The summed E-state index contributed by atoms with van der Waals surface area (Å²) in [5.74, 6) is 0. The number of fused-ring (bicyclic) bond motifs is 2. The van der Waals surface area contributed by atoms with Crippen LogP contribution in [0.1, 0.15) is 36.8 Å². The number of hydrogen-bond acceptors (Lipinski definition) is 2. The lowest BCUT2D eigenvalue weighted by atomic mass is 9.65. The minimum Gasteiger partial charge on any atom is -0.373 e. The first-order chi connectivity index (χ1) is 9.86. The van der Waals surface area contributed by atoms with E-state index < -0.39 is 0 Å². The average molecular weight is 262 g/mol. The number of rotatable bonds is 0. The molecule has 20 heavy (non-hydrogen) atoms. The van der Waals surface area contributed by atoms with E-state index in [1.165, 1.54) is 48.2 Å². The van der Waals surface area contributed by atoms with Gasteiger partial charge in [-0.05, 0) is 25.0 Å². The summed E-state index contributed by atoms with van der Waals surface area (Å²) in [6, 6.07) is 17.7. The lowest BCUT2D eigenvalue weighted by molar-refractivity contribution is 0.222. The molecule has 1 fully saturated rings. The molecule has 5 rings (SSSR count). The van der Waals surface area contributed by atoms with Crippen molar-refractivity contribution in [1.29, 1.82) is 0 Å². The van der Waals surface area contributed by atoms with Gasteiger partial charge in [-0.15, -0.1) is 0 Å². The molecule has 2 aliphatic heterocycles. The topological polar surface area (TPSA) is 24.1 Å². The normalized spacial score (nSPS) is 32.4. The molecule has 2 N–H and O–H groups in total. The maximum atomic E-state index is 3.90. The zero-order valence-corrected chi connectivity index (χ0v) is 11.4. The first kappa shape index (κ1) is 10.8. The van der Waals surface area contributed by atoms with Crippen molar-refractivity contribution in [3.8, 4) is 0 Å². The predicted molar refractivity (Wildman–Crippen MR) is 82.0 cm³/mol. The van der Waals surface area contributed by atoms with Crippen LogP contribution < -0.4 is 10.6 Å². The van der Waals surface area contributed by atoms with Gasteiger partial charge in [0.2, 0.25) is 0 Å². The Morgan fingerprint density at radius 1 is 0.650 bits per heavy atom. The van der Waals surface area contributed by atoms with Crippen molar-refractivity contribution in [2.24, 2.45) is 0 Å². The fraction of sp³-hybridized carbons (Fsp3) is 0.333. The Hall–Kier alpha value is -1.96. The third-order valence-corrected chi connectivity index (χ3v) is 5.55. The molecule has 100 valence electrons. The Morgan fingerprint density at radius 3 is 1.60 bits per heavy atom. The lowest BCUT2D eigenvalue weighted by Gasteiger charge is -2.45. The first-order valence-electron chi connectivity index (χ1n) is 7.61. The number of hydrogen-bond donors (Lipinski definition) is 2. The molecule has 3 aliphatic rings. The van der Waals surface area contributed by atoms with E-state index in [1.54, 1.807) is 0 Å². The second-order valence-corrected chi connectivity index (χ2v) is 6.36. The smallest absolute Gasteiger partial charge is 0.0919 e. The second kappa shape index (κ2) is 3.38. The van der Waals surface area contributed by atoms with Crippen molar-refractivity contribution < 1.29 is 0 Å². The molecular weight excluding hydrogens is 244 g/mol. The van der Waals surface area contributed by atoms with Crippen molar-refractivity contribution in [3.05, 3.63) is 59.7 Å². The summed E-state index contributed by atoms with van der Waals surface area (Å²) in [7, 11) is 0. The van der Waals surface area contributed by atoms with Gasteiger partial charge >= 0.3 is 0 Å². The van der Waals surface area contributed by atoms with E-state index in [9.17, 15) is 0 Å². The molecule has 2 heteroatoms. The highest BCUT2D eigenvalue weighted by Crippen LogP contribution is 2.64. The van der Waals surface area contributed by atoms with Crippen LogP contribution in [0.5, 0.6) is 0 Å². The van der Waals surface area contributed by atoms with E-state index in [-0.39, 0.29) is 11.1 Å². The Kier molecular flexibility index (Phi) is 1.82. The Labute approximate surface area is 119 Å². The van der Waals surface area contributed by atoms with Crippen molar-refractivity contribution in [1.82, 2.24) is 0 Å². The molecule has 0 radical (unpaired) electrons. The predicted octanol–water partition coefficient (Wildman–Crippen LogP) is 4.20. The van der Waals surface area contributed by atoms with Gasteiger partial charge in [-0.2, -0.15) is 0 Å². The van der Waals surface area contributed by atoms with Crippen LogP contribution >= 0.6 is 0 Å². The molecule has 0 bridgehead atoms. The largest absolute Gasteiger partial charge is 0.373 e.